The molecule has 0 saturated heterocycles. The third-order valence-corrected chi connectivity index (χ3v) is 3.97. The van der Waals surface area contributed by atoms with Gasteiger partial charge < -0.3 is 9.64 Å². The molecule has 0 aliphatic heterocycles. The molecule has 0 atom stereocenters. The van der Waals surface area contributed by atoms with Crippen LogP contribution < -0.4 is 4.74 Å². The highest BCUT2D eigenvalue weighted by molar-refractivity contribution is 5.37. The van der Waals surface area contributed by atoms with Gasteiger partial charge in [0, 0.05) is 17.5 Å². The van der Waals surface area contributed by atoms with Gasteiger partial charge in [0.1, 0.15) is 11.6 Å². The van der Waals surface area contributed by atoms with Crippen molar-refractivity contribution in [2.24, 2.45) is 0 Å². The van der Waals surface area contributed by atoms with E-state index in [0.717, 1.165) is 35.9 Å². The summed E-state index contributed by atoms with van der Waals surface area (Å²) in [6, 6.07) is 8.22. The summed E-state index contributed by atoms with van der Waals surface area (Å²) in [5.41, 5.74) is 4.67. The van der Waals surface area contributed by atoms with E-state index in [1.165, 1.54) is 11.1 Å². The summed E-state index contributed by atoms with van der Waals surface area (Å²) in [6.45, 7) is 9.49. The summed E-state index contributed by atoms with van der Waals surface area (Å²) in [4.78, 5) is 11.7. The van der Waals surface area contributed by atoms with E-state index in [4.69, 9.17) is 14.7 Å². The number of hydrogen-bond donors (Lipinski definition) is 0. The van der Waals surface area contributed by atoms with Gasteiger partial charge in [0.2, 0.25) is 0 Å². The highest BCUT2D eigenvalue weighted by Crippen LogP contribution is 2.28. The highest BCUT2D eigenvalue weighted by atomic mass is 16.5. The molecule has 4 nitrogen and oxygen atoms in total. The summed E-state index contributed by atoms with van der Waals surface area (Å²) < 4.78 is 5.24. The van der Waals surface area contributed by atoms with Gasteiger partial charge in [-0.15, -0.1) is 0 Å². The van der Waals surface area contributed by atoms with E-state index in [1.54, 1.807) is 7.11 Å². The van der Waals surface area contributed by atoms with Crippen LogP contribution >= 0.6 is 0 Å². The van der Waals surface area contributed by atoms with E-state index in [2.05, 4.69) is 44.7 Å². The Labute approximate surface area is 145 Å². The van der Waals surface area contributed by atoms with Crippen molar-refractivity contribution in [3.8, 4) is 5.75 Å². The Kier molecular flexibility index (Phi) is 5.60. The standard InChI is InChI=1S/C20H29N3O/c1-14-17(12-15-8-10-16(24-7)11-9-15)19(20(2,3)4)22-18(21-14)13-23(5)6/h8-11H,12-13H2,1-7H3. The van der Waals surface area contributed by atoms with Crippen LogP contribution in [0.25, 0.3) is 0 Å². The minimum absolute atomic E-state index is 0.0173. The van der Waals surface area contributed by atoms with Crippen molar-refractivity contribution in [3.63, 3.8) is 0 Å². The van der Waals surface area contributed by atoms with E-state index < -0.39 is 0 Å². The number of rotatable bonds is 5. The Morgan fingerprint density at radius 1 is 1.04 bits per heavy atom. The fraction of sp³-hybridized carbons (Fsp3) is 0.500. The van der Waals surface area contributed by atoms with Crippen molar-refractivity contribution < 1.29 is 4.74 Å². The summed E-state index contributed by atoms with van der Waals surface area (Å²) in [5, 5.41) is 0. The first kappa shape index (κ1) is 18.4. The van der Waals surface area contributed by atoms with Gasteiger partial charge in [0.25, 0.3) is 0 Å². The second-order valence-electron chi connectivity index (χ2n) is 7.57. The van der Waals surface area contributed by atoms with Gasteiger partial charge >= 0.3 is 0 Å². The molecule has 0 spiro atoms. The lowest BCUT2D eigenvalue weighted by Crippen LogP contribution is -2.22. The molecule has 24 heavy (non-hydrogen) atoms. The smallest absolute Gasteiger partial charge is 0.142 e. The van der Waals surface area contributed by atoms with Gasteiger partial charge in [0.05, 0.1) is 19.3 Å². The maximum atomic E-state index is 5.24. The first-order valence-corrected chi connectivity index (χ1v) is 8.35. The van der Waals surface area contributed by atoms with Crippen molar-refractivity contribution >= 4 is 0 Å². The molecule has 0 saturated carbocycles. The lowest BCUT2D eigenvalue weighted by molar-refractivity contribution is 0.386. The van der Waals surface area contributed by atoms with Crippen LogP contribution in [0.5, 0.6) is 5.75 Å². The first-order valence-electron chi connectivity index (χ1n) is 8.35. The number of nitrogens with zero attached hydrogens (tertiary/aromatic N) is 3. The SMILES string of the molecule is COc1ccc(Cc2c(C)nc(CN(C)C)nc2C(C)(C)C)cc1. The zero-order valence-corrected chi connectivity index (χ0v) is 16.0. The number of aromatic nitrogens is 2. The van der Waals surface area contributed by atoms with Crippen LogP contribution in [-0.4, -0.2) is 36.1 Å². The number of aryl methyl sites for hydroxylation is 1. The molecule has 0 aliphatic rings. The molecule has 0 amide bonds. The normalized spacial score (nSPS) is 11.8. The van der Waals surface area contributed by atoms with E-state index in [0.29, 0.717) is 0 Å². The monoisotopic (exact) mass is 327 g/mol. The van der Waals surface area contributed by atoms with Gasteiger partial charge in [-0.2, -0.15) is 0 Å². The molecule has 4 heteroatoms. The Bertz CT molecular complexity index is 685. The summed E-state index contributed by atoms with van der Waals surface area (Å²) in [6.07, 6.45) is 0.838. The fourth-order valence-corrected chi connectivity index (χ4v) is 2.79. The number of methoxy groups -OCH3 is 1. The topological polar surface area (TPSA) is 38.2 Å². The molecule has 2 aromatic rings. The molecule has 1 heterocycles. The molecule has 0 bridgehead atoms. The van der Waals surface area contributed by atoms with Gasteiger partial charge in [-0.05, 0) is 44.3 Å². The van der Waals surface area contributed by atoms with Gasteiger partial charge in [-0.1, -0.05) is 32.9 Å². The van der Waals surface area contributed by atoms with Crippen molar-refractivity contribution in [2.75, 3.05) is 21.2 Å². The second kappa shape index (κ2) is 7.31. The lowest BCUT2D eigenvalue weighted by Gasteiger charge is -2.24. The number of ether oxygens (including phenoxy) is 1. The van der Waals surface area contributed by atoms with Gasteiger partial charge in [0.15, 0.2) is 0 Å². The first-order chi connectivity index (χ1) is 11.2. The van der Waals surface area contributed by atoms with E-state index >= 15 is 0 Å². The average molecular weight is 327 g/mol. The zero-order chi connectivity index (χ0) is 17.9. The summed E-state index contributed by atoms with van der Waals surface area (Å²) >= 11 is 0. The molecule has 0 unspecified atom stereocenters. The van der Waals surface area contributed by atoms with Crippen LogP contribution in [0, 0.1) is 6.92 Å². The maximum Gasteiger partial charge on any atom is 0.142 e. The lowest BCUT2D eigenvalue weighted by atomic mass is 9.86. The predicted molar refractivity (Wildman–Crippen MR) is 98.7 cm³/mol. The van der Waals surface area contributed by atoms with E-state index in [-0.39, 0.29) is 5.41 Å². The molecule has 0 radical (unpaired) electrons. The third-order valence-electron chi connectivity index (χ3n) is 3.97. The minimum atomic E-state index is -0.0173. The van der Waals surface area contributed by atoms with Crippen LogP contribution in [0.4, 0.5) is 0 Å². The second-order valence-corrected chi connectivity index (χ2v) is 7.57. The minimum Gasteiger partial charge on any atom is -0.497 e. The summed E-state index contributed by atoms with van der Waals surface area (Å²) in [5.74, 6) is 1.77. The Morgan fingerprint density at radius 3 is 2.17 bits per heavy atom. The quantitative estimate of drug-likeness (QED) is 0.838. The van der Waals surface area contributed by atoms with Crippen molar-refractivity contribution in [2.45, 2.75) is 46.1 Å². The molecule has 0 fully saturated rings. The number of hydrogen-bond acceptors (Lipinski definition) is 4. The van der Waals surface area contributed by atoms with Crippen LogP contribution in [0.1, 0.15) is 49.1 Å². The Balaban J connectivity index is 2.43. The molecule has 0 aliphatic carbocycles. The zero-order valence-electron chi connectivity index (χ0n) is 16.0. The number of benzene rings is 1. The Hall–Kier alpha value is -1.94. The molecule has 1 aromatic heterocycles. The molecule has 0 N–H and O–H groups in total. The summed E-state index contributed by atoms with van der Waals surface area (Å²) in [7, 11) is 5.77. The maximum absolute atomic E-state index is 5.24. The van der Waals surface area contributed by atoms with Crippen molar-refractivity contribution in [3.05, 3.63) is 52.6 Å². The molecular formula is C20H29N3O. The average Bonchev–Trinajstić information content (AvgIpc) is 2.48. The van der Waals surface area contributed by atoms with Crippen LogP contribution in [-0.2, 0) is 18.4 Å². The van der Waals surface area contributed by atoms with Gasteiger partial charge in [-0.25, -0.2) is 9.97 Å². The van der Waals surface area contributed by atoms with Gasteiger partial charge in [-0.3, -0.25) is 0 Å². The fourth-order valence-electron chi connectivity index (χ4n) is 2.79. The van der Waals surface area contributed by atoms with Crippen LogP contribution in [0.2, 0.25) is 0 Å². The largest absolute Gasteiger partial charge is 0.497 e. The molecule has 2 rings (SSSR count). The molecular weight excluding hydrogens is 298 g/mol. The van der Waals surface area contributed by atoms with E-state index in [1.807, 2.05) is 26.2 Å². The van der Waals surface area contributed by atoms with E-state index in [9.17, 15) is 0 Å². The highest BCUT2D eigenvalue weighted by Gasteiger charge is 2.23. The van der Waals surface area contributed by atoms with Crippen LogP contribution in [0.15, 0.2) is 24.3 Å². The van der Waals surface area contributed by atoms with Crippen LogP contribution in [0.3, 0.4) is 0 Å². The predicted octanol–water partition coefficient (Wildman–Crippen LogP) is 3.74. The molecule has 130 valence electrons. The van der Waals surface area contributed by atoms with Crippen molar-refractivity contribution in [1.82, 2.24) is 14.9 Å². The van der Waals surface area contributed by atoms with Crippen molar-refractivity contribution in [1.29, 1.82) is 0 Å². The third kappa shape index (κ3) is 4.54. The Morgan fingerprint density at radius 2 is 1.67 bits per heavy atom. The molecule has 1 aromatic carbocycles.